The molecule has 0 radical (unpaired) electrons. The molecule has 10 heteroatoms. The number of carbonyl (C=O) groups excluding carboxylic acids is 3. The van der Waals surface area contributed by atoms with Gasteiger partial charge in [-0.05, 0) is 45.3 Å². The highest BCUT2D eigenvalue weighted by molar-refractivity contribution is 6.70. The highest BCUT2D eigenvalue weighted by Gasteiger charge is 2.24. The van der Waals surface area contributed by atoms with Crippen molar-refractivity contribution < 1.29 is 33.8 Å². The zero-order chi connectivity index (χ0) is 23.4. The normalized spacial score (nSPS) is 11.3. The van der Waals surface area contributed by atoms with E-state index >= 15 is 0 Å². The third-order valence-corrected chi connectivity index (χ3v) is 6.61. The van der Waals surface area contributed by atoms with E-state index < -0.39 is 8.32 Å². The van der Waals surface area contributed by atoms with Crippen molar-refractivity contribution >= 4 is 26.2 Å². The lowest BCUT2D eigenvalue weighted by atomic mass is 10.0. The first-order valence-corrected chi connectivity index (χ1v) is 14.2. The maximum atomic E-state index is 12.0. The number of allylic oxidation sites excluding steroid dienone is 1. The molecule has 0 bridgehead atoms. The van der Waals surface area contributed by atoms with Crippen molar-refractivity contribution in [3.63, 3.8) is 0 Å². The van der Waals surface area contributed by atoms with Crippen molar-refractivity contribution in [3.8, 4) is 0 Å². The molecule has 0 aromatic carbocycles. The maximum Gasteiger partial charge on any atom is 0.235 e. The van der Waals surface area contributed by atoms with Gasteiger partial charge in [-0.15, -0.1) is 4.99 Å². The predicted molar refractivity (Wildman–Crippen MR) is 119 cm³/mol. The molecule has 31 heavy (non-hydrogen) atoms. The van der Waals surface area contributed by atoms with Crippen LogP contribution in [0.1, 0.15) is 84.0 Å². The van der Waals surface area contributed by atoms with Crippen LogP contribution in [0.25, 0.3) is 0 Å². The van der Waals surface area contributed by atoms with Gasteiger partial charge in [-0.25, -0.2) is 0 Å². The first-order valence-electron chi connectivity index (χ1n) is 11.1. The van der Waals surface area contributed by atoms with Crippen LogP contribution in [0.5, 0.6) is 0 Å². The maximum absolute atomic E-state index is 12.0. The molecule has 2 N–H and O–H groups in total. The topological polar surface area (TPSA) is 112 Å². The van der Waals surface area contributed by atoms with Crippen LogP contribution in [0.2, 0.25) is 19.1 Å². The Balaban J connectivity index is 3.53. The number of hydrogen-bond acceptors (Lipinski definition) is 9. The molecule has 0 aliphatic heterocycles. The minimum Gasteiger partial charge on any atom is -0.324 e. The number of aldehydes is 1. The first kappa shape index (κ1) is 29.6. The van der Waals surface area contributed by atoms with Gasteiger partial charge in [0.1, 0.15) is 23.6 Å². The van der Waals surface area contributed by atoms with Gasteiger partial charge in [0, 0.05) is 32.1 Å². The van der Waals surface area contributed by atoms with E-state index in [2.05, 4.69) is 27.6 Å². The van der Waals surface area contributed by atoms with Gasteiger partial charge in [0.05, 0.1) is 0 Å². The summed E-state index contributed by atoms with van der Waals surface area (Å²) in [6.07, 6.45) is 9.75. The number of Topliss-reactive ketones (excluding diaryl/α,β-unsaturated/α-hetero) is 2. The molecule has 0 aromatic heterocycles. The monoisotopic (exact) mass is 460 g/mol. The third-order valence-electron chi connectivity index (χ3n) is 4.51. The summed E-state index contributed by atoms with van der Waals surface area (Å²) in [5.41, 5.74) is 4.46. The Morgan fingerprint density at radius 2 is 1.35 bits per heavy atom. The zero-order valence-corrected chi connectivity index (χ0v) is 20.3. The summed E-state index contributed by atoms with van der Waals surface area (Å²) in [6, 6.07) is 0.914. The van der Waals surface area contributed by atoms with E-state index in [-0.39, 0.29) is 5.78 Å². The summed E-state index contributed by atoms with van der Waals surface area (Å²) in [6.45, 7) is 9.21. The van der Waals surface area contributed by atoms with Gasteiger partial charge >= 0.3 is 0 Å². The van der Waals surface area contributed by atoms with Gasteiger partial charge in [0.15, 0.2) is 0 Å². The fourth-order valence-corrected chi connectivity index (χ4v) is 4.27. The molecule has 0 aliphatic carbocycles. The fourth-order valence-electron chi connectivity index (χ4n) is 2.82. The van der Waals surface area contributed by atoms with Crippen molar-refractivity contribution in [1.29, 1.82) is 0 Å². The number of ketones is 2. The van der Waals surface area contributed by atoms with Crippen molar-refractivity contribution in [2.24, 2.45) is 0 Å². The summed E-state index contributed by atoms with van der Waals surface area (Å²) in [5.74, 6) is 0.853. The van der Waals surface area contributed by atoms with E-state index in [1.165, 1.54) is 0 Å². The van der Waals surface area contributed by atoms with E-state index in [9.17, 15) is 14.4 Å². The second kappa shape index (κ2) is 19.3. The molecule has 0 aromatic rings. The molecule has 180 valence electrons. The summed E-state index contributed by atoms with van der Waals surface area (Å²) in [4.78, 5) is 47.6. The molecule has 0 unspecified atom stereocenters. The molecule has 0 rings (SSSR count). The van der Waals surface area contributed by atoms with Crippen LogP contribution < -0.4 is 11.2 Å². The SMILES string of the molecule is C=C(C)OONNOO[Si](C)(C)CCCCCC(=O)CCCCCCC(=O)CCC=O. The smallest absolute Gasteiger partial charge is 0.235 e. The van der Waals surface area contributed by atoms with Gasteiger partial charge in [-0.1, -0.05) is 48.4 Å². The molecule has 0 saturated carbocycles. The number of unbranched alkanes of at least 4 members (excludes halogenated alkanes) is 5. The molecule has 0 spiro atoms. The minimum atomic E-state index is -1.98. The van der Waals surface area contributed by atoms with Gasteiger partial charge in [0.25, 0.3) is 0 Å². The molecular weight excluding hydrogens is 420 g/mol. The van der Waals surface area contributed by atoms with E-state index in [1.807, 2.05) is 13.1 Å². The number of hydrazine groups is 1. The molecule has 0 amide bonds. The van der Waals surface area contributed by atoms with Crippen LogP contribution in [0.15, 0.2) is 12.3 Å². The van der Waals surface area contributed by atoms with Gasteiger partial charge < -0.3 is 9.68 Å². The summed E-state index contributed by atoms with van der Waals surface area (Å²) in [5, 5.41) is 0. The van der Waals surface area contributed by atoms with E-state index in [0.717, 1.165) is 57.3 Å². The van der Waals surface area contributed by atoms with Crippen molar-refractivity contribution in [1.82, 2.24) is 11.2 Å². The Morgan fingerprint density at radius 1 is 0.839 bits per heavy atom. The van der Waals surface area contributed by atoms with Crippen molar-refractivity contribution in [2.75, 3.05) is 0 Å². The Labute approximate surface area is 187 Å². The Bertz CT molecular complexity index is 530. The van der Waals surface area contributed by atoms with E-state index in [1.54, 1.807) is 6.92 Å². The zero-order valence-electron chi connectivity index (χ0n) is 19.3. The van der Waals surface area contributed by atoms with Crippen LogP contribution in [0.4, 0.5) is 0 Å². The lowest BCUT2D eigenvalue weighted by Gasteiger charge is -2.20. The molecular formula is C21H40N2O7Si. The lowest BCUT2D eigenvalue weighted by Crippen LogP contribution is -2.38. The number of nitrogens with one attached hydrogen (secondary N) is 2. The highest BCUT2D eigenvalue weighted by Crippen LogP contribution is 2.17. The molecule has 9 nitrogen and oxygen atoms in total. The fraction of sp³-hybridized carbons (Fsp3) is 0.762. The Morgan fingerprint density at radius 3 is 1.90 bits per heavy atom. The second-order valence-corrected chi connectivity index (χ2v) is 12.4. The largest absolute Gasteiger partial charge is 0.324 e. The van der Waals surface area contributed by atoms with Crippen molar-refractivity contribution in [2.45, 2.75) is 103 Å². The molecule has 0 aliphatic rings. The van der Waals surface area contributed by atoms with Crippen molar-refractivity contribution in [3.05, 3.63) is 12.3 Å². The number of rotatable bonds is 23. The third kappa shape index (κ3) is 21.6. The summed E-state index contributed by atoms with van der Waals surface area (Å²) >= 11 is 0. The van der Waals surface area contributed by atoms with Crippen LogP contribution in [0.3, 0.4) is 0 Å². The second-order valence-electron chi connectivity index (χ2n) is 8.26. The van der Waals surface area contributed by atoms with Gasteiger partial charge in [0.2, 0.25) is 8.32 Å². The molecule has 0 saturated heterocycles. The summed E-state index contributed by atoms with van der Waals surface area (Å²) < 4.78 is 5.39. The van der Waals surface area contributed by atoms with Crippen LogP contribution in [-0.4, -0.2) is 26.2 Å². The Hall–Kier alpha value is -1.43. The van der Waals surface area contributed by atoms with Crippen LogP contribution >= 0.6 is 0 Å². The quantitative estimate of drug-likeness (QED) is 0.0565. The Kier molecular flexibility index (Phi) is 18.4. The summed E-state index contributed by atoms with van der Waals surface area (Å²) in [7, 11) is -1.98. The average molecular weight is 461 g/mol. The molecule has 0 heterocycles. The number of hydrogen-bond donors (Lipinski definition) is 2. The van der Waals surface area contributed by atoms with Gasteiger partial charge in [-0.3, -0.25) is 14.2 Å². The molecule has 0 fully saturated rings. The number of carbonyl (C=O) groups is 3. The van der Waals surface area contributed by atoms with Crippen LogP contribution in [-0.2, 0) is 33.8 Å². The first-order chi connectivity index (χ1) is 14.8. The molecule has 0 atom stereocenters. The lowest BCUT2D eigenvalue weighted by molar-refractivity contribution is -0.380. The van der Waals surface area contributed by atoms with E-state index in [0.29, 0.717) is 43.6 Å². The van der Waals surface area contributed by atoms with Crippen LogP contribution in [0, 0.1) is 0 Å². The predicted octanol–water partition coefficient (Wildman–Crippen LogP) is 4.56. The average Bonchev–Trinajstić information content (AvgIpc) is 2.71. The standard InChI is InChI=1S/C21H40N2O7Si/c1-19(2)27-28-22-23-29-30-31(3,4)18-11-7-10-15-20(25)13-8-5-6-9-14-21(26)16-12-17-24/h17,22-23H,1,5-16,18H2,2-4H3. The van der Waals surface area contributed by atoms with E-state index in [4.69, 9.17) is 9.57 Å². The van der Waals surface area contributed by atoms with Gasteiger partial charge in [-0.2, -0.15) is 0 Å². The highest BCUT2D eigenvalue weighted by atomic mass is 28.4. The minimum absolute atomic E-state index is 0.154.